The van der Waals surface area contributed by atoms with Crippen molar-refractivity contribution in [3.63, 3.8) is 0 Å². The minimum atomic E-state index is 0.0401. The SMILES string of the molecule is c1cc(N2CCNCC2)c2nc(C3CCCO3)oc2c1. The van der Waals surface area contributed by atoms with Gasteiger partial charge < -0.3 is 19.4 Å². The Kier molecular flexibility index (Phi) is 3.09. The number of nitrogens with one attached hydrogen (secondary N) is 1. The molecule has 106 valence electrons. The summed E-state index contributed by atoms with van der Waals surface area (Å²) in [5.41, 5.74) is 3.02. The van der Waals surface area contributed by atoms with Crippen LogP contribution in [-0.4, -0.2) is 37.8 Å². The topological polar surface area (TPSA) is 50.5 Å². The summed E-state index contributed by atoms with van der Waals surface area (Å²) in [6.07, 6.45) is 2.14. The van der Waals surface area contributed by atoms with E-state index in [1.54, 1.807) is 0 Å². The maximum Gasteiger partial charge on any atom is 0.224 e. The van der Waals surface area contributed by atoms with E-state index in [4.69, 9.17) is 14.1 Å². The minimum absolute atomic E-state index is 0.0401. The van der Waals surface area contributed by atoms with Crippen molar-refractivity contribution in [2.24, 2.45) is 0 Å². The molecule has 0 amide bonds. The molecule has 2 aliphatic heterocycles. The van der Waals surface area contributed by atoms with E-state index in [1.807, 2.05) is 12.1 Å². The first-order valence-electron chi connectivity index (χ1n) is 7.38. The van der Waals surface area contributed by atoms with Gasteiger partial charge >= 0.3 is 0 Å². The molecule has 3 heterocycles. The van der Waals surface area contributed by atoms with Crippen LogP contribution in [0.4, 0.5) is 5.69 Å². The van der Waals surface area contributed by atoms with Crippen molar-refractivity contribution in [1.82, 2.24) is 10.3 Å². The van der Waals surface area contributed by atoms with E-state index in [0.717, 1.165) is 62.6 Å². The molecule has 4 rings (SSSR count). The van der Waals surface area contributed by atoms with E-state index in [-0.39, 0.29) is 6.10 Å². The third kappa shape index (κ3) is 2.07. The molecule has 5 nitrogen and oxygen atoms in total. The molecule has 0 radical (unpaired) electrons. The summed E-state index contributed by atoms with van der Waals surface area (Å²) in [4.78, 5) is 7.09. The van der Waals surface area contributed by atoms with Crippen LogP contribution in [0.1, 0.15) is 24.8 Å². The number of fused-ring (bicyclic) bond motifs is 1. The number of hydrogen-bond donors (Lipinski definition) is 1. The van der Waals surface area contributed by atoms with Crippen molar-refractivity contribution in [1.29, 1.82) is 0 Å². The Morgan fingerprint density at radius 1 is 1.25 bits per heavy atom. The number of aromatic nitrogens is 1. The molecular formula is C15H19N3O2. The molecule has 0 bridgehead atoms. The maximum atomic E-state index is 5.91. The largest absolute Gasteiger partial charge is 0.438 e. The van der Waals surface area contributed by atoms with Crippen molar-refractivity contribution in [2.45, 2.75) is 18.9 Å². The Labute approximate surface area is 117 Å². The van der Waals surface area contributed by atoms with Crippen molar-refractivity contribution in [3.05, 3.63) is 24.1 Å². The first-order chi connectivity index (χ1) is 9.92. The van der Waals surface area contributed by atoms with E-state index in [0.29, 0.717) is 0 Å². The minimum Gasteiger partial charge on any atom is -0.438 e. The highest BCUT2D eigenvalue weighted by atomic mass is 16.5. The first-order valence-corrected chi connectivity index (χ1v) is 7.38. The summed E-state index contributed by atoms with van der Waals surface area (Å²) in [6.45, 7) is 4.89. The molecule has 2 fully saturated rings. The van der Waals surface area contributed by atoms with E-state index in [1.165, 1.54) is 5.69 Å². The molecule has 1 aromatic carbocycles. The molecule has 0 aliphatic carbocycles. The fourth-order valence-electron chi connectivity index (χ4n) is 3.02. The van der Waals surface area contributed by atoms with Gasteiger partial charge in [-0.1, -0.05) is 6.07 Å². The van der Waals surface area contributed by atoms with Gasteiger partial charge in [-0.25, -0.2) is 4.98 Å². The third-order valence-corrected chi connectivity index (χ3v) is 4.08. The zero-order chi connectivity index (χ0) is 13.4. The van der Waals surface area contributed by atoms with Gasteiger partial charge in [0.1, 0.15) is 11.6 Å². The van der Waals surface area contributed by atoms with E-state index >= 15 is 0 Å². The van der Waals surface area contributed by atoms with Gasteiger partial charge in [0.25, 0.3) is 0 Å². The van der Waals surface area contributed by atoms with Gasteiger partial charge in [0, 0.05) is 32.8 Å². The van der Waals surface area contributed by atoms with Crippen LogP contribution in [0.5, 0.6) is 0 Å². The highest BCUT2D eigenvalue weighted by molar-refractivity contribution is 5.87. The van der Waals surface area contributed by atoms with Crippen LogP contribution in [0.15, 0.2) is 22.6 Å². The smallest absolute Gasteiger partial charge is 0.224 e. The first kappa shape index (κ1) is 12.2. The van der Waals surface area contributed by atoms with Gasteiger partial charge in [-0.2, -0.15) is 0 Å². The summed E-state index contributed by atoms with van der Waals surface area (Å²) < 4.78 is 11.6. The maximum absolute atomic E-state index is 5.91. The Hall–Kier alpha value is -1.59. The van der Waals surface area contributed by atoms with Crippen molar-refractivity contribution in [3.8, 4) is 0 Å². The number of piperazine rings is 1. The number of para-hydroxylation sites is 1. The highest BCUT2D eigenvalue weighted by Crippen LogP contribution is 2.33. The van der Waals surface area contributed by atoms with Gasteiger partial charge in [0.15, 0.2) is 5.58 Å². The van der Waals surface area contributed by atoms with E-state index < -0.39 is 0 Å². The quantitative estimate of drug-likeness (QED) is 0.908. The summed E-state index contributed by atoms with van der Waals surface area (Å²) in [6, 6.07) is 6.17. The summed E-state index contributed by atoms with van der Waals surface area (Å²) >= 11 is 0. The lowest BCUT2D eigenvalue weighted by Crippen LogP contribution is -2.43. The van der Waals surface area contributed by atoms with Crippen molar-refractivity contribution in [2.75, 3.05) is 37.7 Å². The van der Waals surface area contributed by atoms with Crippen LogP contribution in [0.3, 0.4) is 0 Å². The number of hydrogen-bond acceptors (Lipinski definition) is 5. The fraction of sp³-hybridized carbons (Fsp3) is 0.533. The standard InChI is InChI=1S/C15H19N3O2/c1-3-11(18-8-6-16-7-9-18)14-12(4-1)20-15(17-14)13-5-2-10-19-13/h1,3-4,13,16H,2,5-10H2. The molecule has 2 saturated heterocycles. The van der Waals surface area contributed by atoms with Gasteiger partial charge in [0.2, 0.25) is 5.89 Å². The molecule has 0 saturated carbocycles. The number of nitrogens with zero attached hydrogens (tertiary/aromatic N) is 2. The molecule has 5 heteroatoms. The van der Waals surface area contributed by atoms with Gasteiger partial charge in [0.05, 0.1) is 5.69 Å². The van der Waals surface area contributed by atoms with Crippen molar-refractivity contribution < 1.29 is 9.15 Å². The second-order valence-corrected chi connectivity index (χ2v) is 5.41. The lowest BCUT2D eigenvalue weighted by atomic mass is 10.2. The average Bonchev–Trinajstić information content (AvgIpc) is 3.16. The summed E-state index contributed by atoms with van der Waals surface area (Å²) in [5, 5.41) is 3.38. The fourth-order valence-corrected chi connectivity index (χ4v) is 3.02. The lowest BCUT2D eigenvalue weighted by Gasteiger charge is -2.29. The molecular weight excluding hydrogens is 254 g/mol. The molecule has 20 heavy (non-hydrogen) atoms. The van der Waals surface area contributed by atoms with Crippen molar-refractivity contribution >= 4 is 16.8 Å². The molecule has 1 atom stereocenters. The zero-order valence-electron chi connectivity index (χ0n) is 11.5. The molecule has 2 aliphatic rings. The van der Waals surface area contributed by atoms with Crippen LogP contribution >= 0.6 is 0 Å². The number of ether oxygens (including phenoxy) is 1. The van der Waals surface area contributed by atoms with Gasteiger partial charge in [-0.15, -0.1) is 0 Å². The predicted molar refractivity (Wildman–Crippen MR) is 77.0 cm³/mol. The van der Waals surface area contributed by atoms with Gasteiger partial charge in [-0.05, 0) is 25.0 Å². The number of anilines is 1. The molecule has 0 spiro atoms. The average molecular weight is 273 g/mol. The van der Waals surface area contributed by atoms with E-state index in [2.05, 4.69) is 16.3 Å². The monoisotopic (exact) mass is 273 g/mol. The molecule has 2 aromatic rings. The third-order valence-electron chi connectivity index (χ3n) is 4.08. The van der Waals surface area contributed by atoms with Crippen LogP contribution < -0.4 is 10.2 Å². The van der Waals surface area contributed by atoms with Crippen LogP contribution in [0, 0.1) is 0 Å². The second kappa shape index (κ2) is 5.07. The van der Waals surface area contributed by atoms with Gasteiger partial charge in [-0.3, -0.25) is 0 Å². The zero-order valence-corrected chi connectivity index (χ0v) is 11.5. The molecule has 1 unspecified atom stereocenters. The molecule has 1 N–H and O–H groups in total. The highest BCUT2D eigenvalue weighted by Gasteiger charge is 2.24. The Morgan fingerprint density at radius 3 is 2.95 bits per heavy atom. The van der Waals surface area contributed by atoms with Crippen LogP contribution in [0.25, 0.3) is 11.1 Å². The Morgan fingerprint density at radius 2 is 2.15 bits per heavy atom. The predicted octanol–water partition coefficient (Wildman–Crippen LogP) is 2.09. The summed E-state index contributed by atoms with van der Waals surface area (Å²) in [7, 11) is 0. The van der Waals surface area contributed by atoms with E-state index in [9.17, 15) is 0 Å². The lowest BCUT2D eigenvalue weighted by molar-refractivity contribution is 0.0907. The summed E-state index contributed by atoms with van der Waals surface area (Å²) in [5.74, 6) is 0.736. The van der Waals surface area contributed by atoms with Crippen LogP contribution in [0.2, 0.25) is 0 Å². The number of benzene rings is 1. The number of rotatable bonds is 2. The molecule has 1 aromatic heterocycles. The van der Waals surface area contributed by atoms with Crippen LogP contribution in [-0.2, 0) is 4.74 Å². The number of oxazole rings is 1. The normalized spacial score (nSPS) is 23.6. The Bertz CT molecular complexity index is 598. The second-order valence-electron chi connectivity index (χ2n) is 5.41. The Balaban J connectivity index is 1.73.